The minimum atomic E-state index is -0.922. The molecule has 1 amide bonds. The summed E-state index contributed by atoms with van der Waals surface area (Å²) in [5.41, 5.74) is 3.95. The van der Waals surface area contributed by atoms with Crippen molar-refractivity contribution < 1.29 is 9.32 Å². The number of carbonyl (C=O) groups is 1. The normalized spacial score (nSPS) is 15.5. The van der Waals surface area contributed by atoms with Crippen molar-refractivity contribution in [2.45, 2.75) is 6.17 Å². The van der Waals surface area contributed by atoms with Crippen LogP contribution in [0.1, 0.15) is 11.1 Å². The fourth-order valence-electron chi connectivity index (χ4n) is 3.28. The van der Waals surface area contributed by atoms with Crippen LogP contribution in [0.25, 0.3) is 11.5 Å². The third kappa shape index (κ3) is 3.44. The van der Waals surface area contributed by atoms with Gasteiger partial charge in [0.25, 0.3) is 17.7 Å². The number of rotatable bonds is 4. The van der Waals surface area contributed by atoms with Crippen molar-refractivity contribution in [1.29, 1.82) is 0 Å². The summed E-state index contributed by atoms with van der Waals surface area (Å²) in [6.07, 6.45) is -0.922. The average molecular weight is 395 g/mol. The van der Waals surface area contributed by atoms with E-state index in [1.165, 1.54) is 0 Å². The van der Waals surface area contributed by atoms with Gasteiger partial charge in [-0.15, -0.1) is 0 Å². The second kappa shape index (κ2) is 7.63. The lowest BCUT2D eigenvalue weighted by atomic mass is 10.0. The number of fused-ring (bicyclic) bond motifs is 1. The zero-order chi connectivity index (χ0) is 20.3. The number of aromatic nitrogens is 2. The van der Waals surface area contributed by atoms with Gasteiger partial charge in [0, 0.05) is 16.7 Å². The number of amides is 1. The Morgan fingerprint density at radius 1 is 0.833 bits per heavy atom. The first-order valence-corrected chi connectivity index (χ1v) is 9.47. The summed E-state index contributed by atoms with van der Waals surface area (Å²) < 4.78 is 5.33. The van der Waals surface area contributed by atoms with Crippen LogP contribution in [0.2, 0.25) is 0 Å². The number of aliphatic imine (C=N–C) groups is 1. The smallest absolute Gasteiger partial charge is 0.269 e. The lowest BCUT2D eigenvalue weighted by Gasteiger charge is -2.11. The molecule has 0 saturated heterocycles. The van der Waals surface area contributed by atoms with Crippen molar-refractivity contribution in [3.63, 3.8) is 0 Å². The van der Waals surface area contributed by atoms with Gasteiger partial charge in [-0.3, -0.25) is 4.79 Å². The molecule has 30 heavy (non-hydrogen) atoms. The van der Waals surface area contributed by atoms with E-state index in [0.717, 1.165) is 16.7 Å². The van der Waals surface area contributed by atoms with Gasteiger partial charge in [0.15, 0.2) is 0 Å². The summed E-state index contributed by atoms with van der Waals surface area (Å²) in [6.45, 7) is 0. The van der Waals surface area contributed by atoms with Crippen LogP contribution in [0.5, 0.6) is 0 Å². The van der Waals surface area contributed by atoms with E-state index < -0.39 is 6.17 Å². The summed E-state index contributed by atoms with van der Waals surface area (Å²) in [5.74, 6) is 0.248. The van der Waals surface area contributed by atoms with Gasteiger partial charge < -0.3 is 15.2 Å². The van der Waals surface area contributed by atoms with Gasteiger partial charge >= 0.3 is 0 Å². The molecule has 2 N–H and O–H groups in total. The number of benzodiazepines with no additional fused rings is 1. The zero-order valence-electron chi connectivity index (χ0n) is 15.8. The Kier molecular flexibility index (Phi) is 4.53. The Bertz CT molecular complexity index is 1220. The van der Waals surface area contributed by atoms with E-state index in [2.05, 4.69) is 20.8 Å². The van der Waals surface area contributed by atoms with Gasteiger partial charge in [-0.2, -0.15) is 4.98 Å². The molecular weight excluding hydrogens is 378 g/mol. The van der Waals surface area contributed by atoms with Crippen LogP contribution in [0.4, 0.5) is 11.6 Å². The first-order chi connectivity index (χ1) is 14.8. The van der Waals surface area contributed by atoms with Crippen LogP contribution < -0.4 is 10.6 Å². The molecule has 0 aliphatic carbocycles. The predicted octanol–water partition coefficient (Wildman–Crippen LogP) is 3.96. The Labute approximate surface area is 172 Å². The number of hydrogen-bond acceptors (Lipinski definition) is 6. The fourth-order valence-corrected chi connectivity index (χ4v) is 3.28. The molecule has 0 bridgehead atoms. The molecule has 5 rings (SSSR count). The average Bonchev–Trinajstić information content (AvgIpc) is 3.21. The maximum absolute atomic E-state index is 12.9. The highest BCUT2D eigenvalue weighted by Gasteiger charge is 2.26. The van der Waals surface area contributed by atoms with Crippen molar-refractivity contribution >= 4 is 23.3 Å². The van der Waals surface area contributed by atoms with Gasteiger partial charge in [-0.25, -0.2) is 4.99 Å². The maximum Gasteiger partial charge on any atom is 0.269 e. The van der Waals surface area contributed by atoms with Crippen LogP contribution in [-0.4, -0.2) is 27.9 Å². The van der Waals surface area contributed by atoms with Gasteiger partial charge in [-0.1, -0.05) is 66.7 Å². The van der Waals surface area contributed by atoms with Gasteiger partial charge in [0.2, 0.25) is 6.17 Å². The highest BCUT2D eigenvalue weighted by Crippen LogP contribution is 2.25. The molecule has 7 heteroatoms. The lowest BCUT2D eigenvalue weighted by Crippen LogP contribution is -2.33. The van der Waals surface area contributed by atoms with Crippen molar-refractivity contribution in [3.8, 4) is 11.5 Å². The van der Waals surface area contributed by atoms with E-state index in [1.54, 1.807) is 0 Å². The van der Waals surface area contributed by atoms with Crippen LogP contribution >= 0.6 is 0 Å². The molecule has 0 fully saturated rings. The topological polar surface area (TPSA) is 92.4 Å². The second-order valence-corrected chi connectivity index (χ2v) is 6.71. The Morgan fingerprint density at radius 2 is 1.50 bits per heavy atom. The molecule has 4 aromatic rings. The van der Waals surface area contributed by atoms with Crippen molar-refractivity contribution in [2.24, 2.45) is 4.99 Å². The summed E-state index contributed by atoms with van der Waals surface area (Å²) >= 11 is 0. The molecule has 1 atom stereocenters. The van der Waals surface area contributed by atoms with E-state index in [4.69, 9.17) is 9.52 Å². The molecule has 1 aliphatic rings. The molecule has 1 unspecified atom stereocenters. The van der Waals surface area contributed by atoms with Crippen LogP contribution in [-0.2, 0) is 4.79 Å². The minimum absolute atomic E-state index is 0.191. The van der Waals surface area contributed by atoms with Gasteiger partial charge in [-0.05, 0) is 23.4 Å². The maximum atomic E-state index is 12.9. The zero-order valence-corrected chi connectivity index (χ0v) is 15.8. The van der Waals surface area contributed by atoms with Crippen LogP contribution in [0.15, 0.2) is 94.4 Å². The van der Waals surface area contributed by atoms with Crippen molar-refractivity contribution in [3.05, 3.63) is 96.1 Å². The number of nitrogens with one attached hydrogen (secondary N) is 2. The third-order valence-corrected chi connectivity index (χ3v) is 4.71. The molecule has 7 nitrogen and oxygen atoms in total. The van der Waals surface area contributed by atoms with E-state index >= 15 is 0 Å². The molecule has 2 heterocycles. The van der Waals surface area contributed by atoms with E-state index in [0.29, 0.717) is 17.3 Å². The third-order valence-electron chi connectivity index (χ3n) is 4.71. The number of benzene rings is 3. The van der Waals surface area contributed by atoms with Gasteiger partial charge in [0.1, 0.15) is 0 Å². The van der Waals surface area contributed by atoms with Crippen molar-refractivity contribution in [2.75, 3.05) is 10.6 Å². The minimum Gasteiger partial charge on any atom is -0.332 e. The van der Waals surface area contributed by atoms with Crippen LogP contribution in [0, 0.1) is 0 Å². The summed E-state index contributed by atoms with van der Waals surface area (Å²) in [7, 11) is 0. The number of anilines is 2. The Morgan fingerprint density at radius 3 is 2.27 bits per heavy atom. The summed E-state index contributed by atoms with van der Waals surface area (Å²) in [4.78, 5) is 21.9. The fraction of sp³-hybridized carbons (Fsp3) is 0.0435. The lowest BCUT2D eigenvalue weighted by molar-refractivity contribution is -0.116. The molecule has 0 spiro atoms. The predicted molar refractivity (Wildman–Crippen MR) is 114 cm³/mol. The number of hydrogen-bond donors (Lipinski definition) is 2. The SMILES string of the molecule is O=C1Nc2ccccc2C(c2ccccc2)=NC1Nc1noc(-c2ccccc2)n1. The number of nitrogens with zero attached hydrogens (tertiary/aromatic N) is 3. The second-order valence-electron chi connectivity index (χ2n) is 6.71. The monoisotopic (exact) mass is 395 g/mol. The number of carbonyl (C=O) groups excluding carboxylic acids is 1. The van der Waals surface area contributed by atoms with Crippen LogP contribution in [0.3, 0.4) is 0 Å². The molecule has 1 aromatic heterocycles. The highest BCUT2D eigenvalue weighted by atomic mass is 16.5. The molecule has 0 radical (unpaired) electrons. The Hall–Kier alpha value is -4.26. The molecular formula is C23H17N5O2. The molecule has 146 valence electrons. The standard InChI is InChI=1S/C23H17N5O2/c29-21-20(26-23-27-22(30-28-23)16-11-5-2-6-12-16)25-19(15-9-3-1-4-10-15)17-13-7-8-14-18(17)24-21/h1-14,20H,(H,24,29)(H,26,28). The Balaban J connectivity index is 1.51. The van der Waals surface area contributed by atoms with E-state index in [1.807, 2.05) is 84.9 Å². The summed E-state index contributed by atoms with van der Waals surface area (Å²) in [5, 5.41) is 9.86. The van der Waals surface area contributed by atoms with E-state index in [9.17, 15) is 4.79 Å². The summed E-state index contributed by atoms with van der Waals surface area (Å²) in [6, 6.07) is 26.8. The molecule has 1 aliphatic heterocycles. The first kappa shape index (κ1) is 17.8. The highest BCUT2D eigenvalue weighted by molar-refractivity contribution is 6.19. The van der Waals surface area contributed by atoms with Gasteiger partial charge in [0.05, 0.1) is 11.4 Å². The van der Waals surface area contributed by atoms with Crippen molar-refractivity contribution in [1.82, 2.24) is 10.1 Å². The molecule has 0 saturated carbocycles. The quantitative estimate of drug-likeness (QED) is 0.546. The first-order valence-electron chi connectivity index (χ1n) is 9.47. The van der Waals surface area contributed by atoms with E-state index in [-0.39, 0.29) is 11.9 Å². The molecule has 3 aromatic carbocycles. The largest absolute Gasteiger partial charge is 0.332 e. The number of para-hydroxylation sites is 1.